The first-order valence-corrected chi connectivity index (χ1v) is 10.9. The first kappa shape index (κ1) is 22.1. The second-order valence-corrected chi connectivity index (χ2v) is 9.07. The molecule has 0 fully saturated rings. The highest BCUT2D eigenvalue weighted by molar-refractivity contribution is 7.89. The Morgan fingerprint density at radius 1 is 0.964 bits per heavy atom. The Hall–Kier alpha value is -2.22. The molecule has 0 aliphatic heterocycles. The van der Waals surface area contributed by atoms with E-state index in [0.29, 0.717) is 11.6 Å². The van der Waals surface area contributed by atoms with Gasteiger partial charge in [-0.2, -0.15) is 0 Å². The largest absolute Gasteiger partial charge is 0.325 e. The summed E-state index contributed by atoms with van der Waals surface area (Å²) in [5.41, 5.74) is 2.93. The number of hydrogen-bond acceptors (Lipinski definition) is 4. The summed E-state index contributed by atoms with van der Waals surface area (Å²) >= 11 is 0. The van der Waals surface area contributed by atoms with E-state index < -0.39 is 16.1 Å². The van der Waals surface area contributed by atoms with Crippen LogP contribution in [0, 0.1) is 5.92 Å². The number of nitrogens with two attached hydrogens (primary N) is 1. The fourth-order valence-electron chi connectivity index (χ4n) is 2.94. The summed E-state index contributed by atoms with van der Waals surface area (Å²) in [5.74, 6) is 0.413. The summed E-state index contributed by atoms with van der Waals surface area (Å²) in [5, 5.41) is 11.1. The number of anilines is 1. The number of carbonyl (C=O) groups excluding carboxylic acids is 1. The van der Waals surface area contributed by atoms with Crippen LogP contribution in [0.3, 0.4) is 0 Å². The minimum atomic E-state index is -3.75. The molecule has 0 unspecified atom stereocenters. The molecule has 0 aromatic heterocycles. The Labute approximate surface area is 167 Å². The number of primary sulfonamides is 1. The minimum Gasteiger partial charge on any atom is -0.325 e. The van der Waals surface area contributed by atoms with Gasteiger partial charge < -0.3 is 5.32 Å². The van der Waals surface area contributed by atoms with Crippen molar-refractivity contribution >= 4 is 21.6 Å². The van der Waals surface area contributed by atoms with E-state index in [0.717, 1.165) is 12.0 Å². The lowest BCUT2D eigenvalue weighted by Crippen LogP contribution is -2.39. The molecule has 0 saturated heterocycles. The Bertz CT molecular complexity index is 891. The van der Waals surface area contributed by atoms with Gasteiger partial charge in [-0.3, -0.25) is 10.1 Å². The van der Waals surface area contributed by atoms with Gasteiger partial charge in [0.05, 0.1) is 10.9 Å². The maximum atomic E-state index is 12.4. The molecule has 6 nitrogen and oxygen atoms in total. The summed E-state index contributed by atoms with van der Waals surface area (Å²) in [6.45, 7) is 8.20. The predicted octanol–water partition coefficient (Wildman–Crippen LogP) is 3.21. The number of benzene rings is 2. The van der Waals surface area contributed by atoms with Crippen LogP contribution in [0.5, 0.6) is 0 Å². The van der Waals surface area contributed by atoms with E-state index in [1.54, 1.807) is 6.92 Å². The molecule has 1 amide bonds. The number of sulfonamides is 1. The third kappa shape index (κ3) is 6.44. The fourth-order valence-corrected chi connectivity index (χ4v) is 3.45. The highest BCUT2D eigenvalue weighted by atomic mass is 32.2. The Balaban J connectivity index is 1.94. The average molecular weight is 404 g/mol. The van der Waals surface area contributed by atoms with Gasteiger partial charge in [-0.05, 0) is 61.6 Å². The van der Waals surface area contributed by atoms with Crippen molar-refractivity contribution in [2.24, 2.45) is 11.1 Å². The zero-order valence-electron chi connectivity index (χ0n) is 16.8. The van der Waals surface area contributed by atoms with Gasteiger partial charge in [0.1, 0.15) is 0 Å². The standard InChI is InChI=1S/C21H29N3O3S/c1-14(2)13-17-5-7-18(8-6-17)15(3)23-16(4)21(25)24-19-9-11-20(12-10-19)28(22,26)27/h5-12,14-16,23H,13H2,1-4H3,(H,24,25)(H2,22,26,27)/t15-,16+/m0/s1. The first-order valence-electron chi connectivity index (χ1n) is 9.35. The van der Waals surface area contributed by atoms with Crippen molar-refractivity contribution in [3.63, 3.8) is 0 Å². The van der Waals surface area contributed by atoms with Crippen molar-refractivity contribution in [3.8, 4) is 0 Å². The molecular weight excluding hydrogens is 374 g/mol. The van der Waals surface area contributed by atoms with E-state index in [4.69, 9.17) is 5.14 Å². The second kappa shape index (κ2) is 9.32. The van der Waals surface area contributed by atoms with Crippen LogP contribution in [0.15, 0.2) is 53.4 Å². The minimum absolute atomic E-state index is 0.00575. The molecule has 0 spiro atoms. The Morgan fingerprint density at radius 2 is 1.54 bits per heavy atom. The van der Waals surface area contributed by atoms with Gasteiger partial charge in [-0.15, -0.1) is 0 Å². The topological polar surface area (TPSA) is 101 Å². The van der Waals surface area contributed by atoms with Crippen molar-refractivity contribution in [1.29, 1.82) is 0 Å². The maximum absolute atomic E-state index is 12.4. The molecule has 0 heterocycles. The van der Waals surface area contributed by atoms with Gasteiger partial charge in [0, 0.05) is 11.7 Å². The van der Waals surface area contributed by atoms with E-state index in [1.807, 2.05) is 6.92 Å². The maximum Gasteiger partial charge on any atom is 0.241 e. The summed E-state index contributed by atoms with van der Waals surface area (Å²) in [7, 11) is -3.75. The molecule has 7 heteroatoms. The van der Waals surface area contributed by atoms with Crippen molar-refractivity contribution in [3.05, 3.63) is 59.7 Å². The number of amides is 1. The second-order valence-electron chi connectivity index (χ2n) is 7.51. The normalized spacial score (nSPS) is 13.9. The van der Waals surface area contributed by atoms with Crippen LogP contribution in [0.4, 0.5) is 5.69 Å². The van der Waals surface area contributed by atoms with Gasteiger partial charge in [0.15, 0.2) is 0 Å². The van der Waals surface area contributed by atoms with Gasteiger partial charge >= 0.3 is 0 Å². The molecule has 4 N–H and O–H groups in total. The lowest BCUT2D eigenvalue weighted by atomic mass is 9.99. The molecule has 0 bridgehead atoms. The van der Waals surface area contributed by atoms with Crippen LogP contribution in [-0.4, -0.2) is 20.4 Å². The summed E-state index contributed by atoms with van der Waals surface area (Å²) in [6, 6.07) is 13.8. The Morgan fingerprint density at radius 3 is 2.04 bits per heavy atom. The highest BCUT2D eigenvalue weighted by Crippen LogP contribution is 2.17. The average Bonchev–Trinajstić information content (AvgIpc) is 2.61. The van der Waals surface area contributed by atoms with E-state index in [1.165, 1.54) is 29.8 Å². The van der Waals surface area contributed by atoms with Crippen molar-refractivity contribution in [2.45, 2.75) is 51.1 Å². The molecule has 152 valence electrons. The molecule has 2 atom stereocenters. The monoisotopic (exact) mass is 403 g/mol. The first-order chi connectivity index (χ1) is 13.1. The van der Waals surface area contributed by atoms with E-state index in [-0.39, 0.29) is 16.8 Å². The molecule has 0 aliphatic rings. The molecule has 0 radical (unpaired) electrons. The lowest BCUT2D eigenvalue weighted by Gasteiger charge is -2.20. The van der Waals surface area contributed by atoms with Crippen LogP contribution >= 0.6 is 0 Å². The smallest absolute Gasteiger partial charge is 0.241 e. The third-order valence-electron chi connectivity index (χ3n) is 4.47. The van der Waals surface area contributed by atoms with Crippen LogP contribution in [0.25, 0.3) is 0 Å². The number of rotatable bonds is 8. The van der Waals surface area contributed by atoms with Gasteiger partial charge in [-0.1, -0.05) is 38.1 Å². The molecule has 2 aromatic carbocycles. The van der Waals surface area contributed by atoms with E-state index >= 15 is 0 Å². The van der Waals surface area contributed by atoms with Crippen LogP contribution in [0.1, 0.15) is 44.9 Å². The molecule has 0 aliphatic carbocycles. The van der Waals surface area contributed by atoms with Crippen LogP contribution < -0.4 is 15.8 Å². The van der Waals surface area contributed by atoms with Gasteiger partial charge in [-0.25, -0.2) is 13.6 Å². The number of nitrogens with one attached hydrogen (secondary N) is 2. The molecule has 2 aromatic rings. The zero-order valence-corrected chi connectivity index (χ0v) is 17.6. The molecule has 28 heavy (non-hydrogen) atoms. The molecule has 2 rings (SSSR count). The zero-order chi connectivity index (χ0) is 20.9. The molecular formula is C21H29N3O3S. The molecule has 0 saturated carbocycles. The third-order valence-corrected chi connectivity index (χ3v) is 5.40. The highest BCUT2D eigenvalue weighted by Gasteiger charge is 2.17. The number of carbonyl (C=O) groups is 1. The van der Waals surface area contributed by atoms with Crippen LogP contribution in [-0.2, 0) is 21.2 Å². The predicted molar refractivity (Wildman–Crippen MR) is 112 cm³/mol. The van der Waals surface area contributed by atoms with Crippen molar-refractivity contribution < 1.29 is 13.2 Å². The lowest BCUT2D eigenvalue weighted by molar-refractivity contribution is -0.117. The van der Waals surface area contributed by atoms with E-state index in [2.05, 4.69) is 48.7 Å². The van der Waals surface area contributed by atoms with Crippen LogP contribution in [0.2, 0.25) is 0 Å². The summed E-state index contributed by atoms with van der Waals surface area (Å²) < 4.78 is 22.6. The van der Waals surface area contributed by atoms with Crippen molar-refractivity contribution in [2.75, 3.05) is 5.32 Å². The summed E-state index contributed by atoms with van der Waals surface area (Å²) in [6.07, 6.45) is 1.05. The SMILES string of the molecule is CC(C)Cc1ccc([C@H](C)N[C@H](C)C(=O)Nc2ccc(S(N)(=O)=O)cc2)cc1. The summed E-state index contributed by atoms with van der Waals surface area (Å²) in [4.78, 5) is 12.4. The van der Waals surface area contributed by atoms with Crippen molar-refractivity contribution in [1.82, 2.24) is 5.32 Å². The van der Waals surface area contributed by atoms with Gasteiger partial charge in [0.2, 0.25) is 15.9 Å². The van der Waals surface area contributed by atoms with Gasteiger partial charge in [0.25, 0.3) is 0 Å². The van der Waals surface area contributed by atoms with E-state index in [9.17, 15) is 13.2 Å². The Kier molecular flexibility index (Phi) is 7.35. The quantitative estimate of drug-likeness (QED) is 0.630. The number of hydrogen-bond donors (Lipinski definition) is 3. The fraction of sp³-hybridized carbons (Fsp3) is 0.381.